The number of anilines is 2. The first-order valence-corrected chi connectivity index (χ1v) is 18.7. The van der Waals surface area contributed by atoms with Crippen LogP contribution in [0.4, 0.5) is 33.3 Å². The molecule has 2 aliphatic heterocycles. The number of nitrogens with zero attached hydrogens (tertiary/aromatic N) is 2. The van der Waals surface area contributed by atoms with Crippen molar-refractivity contribution in [1.82, 2.24) is 9.80 Å². The number of nitrogens with one attached hydrogen (secondary N) is 2. The molecule has 2 aliphatic rings. The molecule has 0 bridgehead atoms. The maximum absolute atomic E-state index is 13.9. The van der Waals surface area contributed by atoms with Crippen LogP contribution in [0.5, 0.6) is 11.5 Å². The highest BCUT2D eigenvalue weighted by Crippen LogP contribution is 2.47. The molecule has 0 radical (unpaired) electrons. The van der Waals surface area contributed by atoms with E-state index < -0.39 is 29.3 Å². The van der Waals surface area contributed by atoms with Gasteiger partial charge in [-0.3, -0.25) is 14.5 Å². The van der Waals surface area contributed by atoms with Crippen LogP contribution in [0.15, 0.2) is 77.3 Å². The third-order valence-corrected chi connectivity index (χ3v) is 10.0. The van der Waals surface area contributed by atoms with Crippen molar-refractivity contribution >= 4 is 51.5 Å². The van der Waals surface area contributed by atoms with E-state index in [4.69, 9.17) is 4.74 Å². The maximum Gasteiger partial charge on any atom is 0.458 e. The lowest BCUT2D eigenvalue weighted by Crippen LogP contribution is -2.34. The van der Waals surface area contributed by atoms with Crippen LogP contribution in [0.2, 0.25) is 0 Å². The minimum absolute atomic E-state index is 0. The Bertz CT molecular complexity index is 2020. The molecule has 0 aromatic heterocycles. The van der Waals surface area contributed by atoms with E-state index >= 15 is 0 Å². The van der Waals surface area contributed by atoms with Crippen molar-refractivity contribution in [1.29, 1.82) is 0 Å². The summed E-state index contributed by atoms with van der Waals surface area (Å²) in [7, 11) is 2.95. The molecule has 0 unspecified atom stereocenters. The quantitative estimate of drug-likeness (QED) is 0.155. The number of fused-ring (bicyclic) bond motifs is 2. The summed E-state index contributed by atoms with van der Waals surface area (Å²) >= 11 is 3.46. The van der Waals surface area contributed by atoms with Crippen LogP contribution in [-0.2, 0) is 31.9 Å². The van der Waals surface area contributed by atoms with Crippen molar-refractivity contribution in [3.05, 3.63) is 116 Å². The predicted molar refractivity (Wildman–Crippen MR) is 214 cm³/mol. The molecule has 6 rings (SSSR count). The number of ether oxygens (including phenoxy) is 2. The fourth-order valence-electron chi connectivity index (χ4n) is 6.54. The fourth-order valence-corrected chi connectivity index (χ4v) is 7.04. The van der Waals surface area contributed by atoms with Gasteiger partial charge in [-0.15, -0.1) is 12.4 Å². The first-order chi connectivity index (χ1) is 26.1. The van der Waals surface area contributed by atoms with Crippen LogP contribution in [-0.4, -0.2) is 68.2 Å². The third kappa shape index (κ3) is 10.8. The molecule has 15 heteroatoms. The van der Waals surface area contributed by atoms with Crippen LogP contribution in [0.25, 0.3) is 0 Å². The largest absolute Gasteiger partial charge is 0.496 e. The summed E-state index contributed by atoms with van der Waals surface area (Å²) in [6, 6.07) is 19.5. The summed E-state index contributed by atoms with van der Waals surface area (Å²) in [6.07, 6.45) is -2.71. The number of halogens is 7. The van der Waals surface area contributed by atoms with Crippen LogP contribution in [0, 0.1) is 0 Å². The van der Waals surface area contributed by atoms with Crippen LogP contribution < -0.4 is 20.1 Å². The molecule has 4 aromatic carbocycles. The number of alkyl halides is 5. The van der Waals surface area contributed by atoms with Crippen LogP contribution in [0.3, 0.4) is 0 Å². The summed E-state index contributed by atoms with van der Waals surface area (Å²) in [5.41, 5.74) is 5.02. The molecule has 56 heavy (non-hydrogen) atoms. The normalized spacial score (nSPS) is 14.2. The Labute approximate surface area is 338 Å². The van der Waals surface area contributed by atoms with Crippen molar-refractivity contribution in [3.8, 4) is 11.5 Å². The average molecular weight is 868 g/mol. The van der Waals surface area contributed by atoms with Gasteiger partial charge in [-0.25, -0.2) is 0 Å². The van der Waals surface area contributed by atoms with Crippen molar-refractivity contribution in [2.75, 3.05) is 51.0 Å². The number of benzene rings is 4. The lowest BCUT2D eigenvalue weighted by Gasteiger charge is -2.28. The lowest BCUT2D eigenvalue weighted by atomic mass is 9.99. The number of carbonyl (C=O) groups is 2. The molecule has 4 aromatic rings. The molecule has 0 saturated carbocycles. The van der Waals surface area contributed by atoms with Crippen molar-refractivity contribution in [3.63, 3.8) is 0 Å². The van der Waals surface area contributed by atoms with Gasteiger partial charge in [-0.2, -0.15) is 22.0 Å². The Morgan fingerprint density at radius 3 is 1.84 bits per heavy atom. The molecule has 8 nitrogen and oxygen atoms in total. The Morgan fingerprint density at radius 2 is 1.30 bits per heavy atom. The zero-order valence-electron chi connectivity index (χ0n) is 31.5. The standard InChI is InChI=1S/C21H25BrN2O2.C20H19F5N2O2.ClH/c1-3-10-24-11-9-15-5-7-18(12-17(15)14-24)23-21(25)16-6-8-20(26-4-2)19(22)13-16;1-27-8-7-12-3-5-15(9-14(12)11-27)26-18(28)13-4-6-17(29-2)16(10-13)19(21,22)20(23,24)25;/h5-8,12-13H,3-4,9-11,14H2,1-2H3,(H,23,25);3-6,9-10H,7-8,11H2,1-2H3,(H,26,28);1H. The van der Waals surface area contributed by atoms with E-state index in [9.17, 15) is 31.5 Å². The molecule has 2 amide bonds. The molecule has 0 saturated heterocycles. The summed E-state index contributed by atoms with van der Waals surface area (Å²) < 4.78 is 77.0. The van der Waals surface area contributed by atoms with E-state index in [1.165, 1.54) is 17.5 Å². The highest BCUT2D eigenvalue weighted by molar-refractivity contribution is 9.10. The number of hydrogen-bond donors (Lipinski definition) is 2. The Hall–Kier alpha value is -4.24. The molecule has 302 valence electrons. The molecule has 0 atom stereocenters. The smallest absolute Gasteiger partial charge is 0.458 e. The van der Waals surface area contributed by atoms with Gasteiger partial charge in [-0.05, 0) is 139 Å². The number of hydrogen-bond acceptors (Lipinski definition) is 6. The first-order valence-electron chi connectivity index (χ1n) is 18.0. The molecule has 2 N–H and O–H groups in total. The van der Waals surface area contributed by atoms with Crippen molar-refractivity contribution in [2.45, 2.75) is 58.3 Å². The van der Waals surface area contributed by atoms with Gasteiger partial charge in [0.15, 0.2) is 0 Å². The summed E-state index contributed by atoms with van der Waals surface area (Å²) in [4.78, 5) is 29.7. The molecule has 2 heterocycles. The van der Waals surface area contributed by atoms with Crippen molar-refractivity contribution < 1.29 is 41.0 Å². The number of methoxy groups -OCH3 is 1. The first kappa shape index (κ1) is 44.5. The van der Waals surface area contributed by atoms with Gasteiger partial charge in [0.25, 0.3) is 11.8 Å². The number of likely N-dealkylation sites (N-methyl/N-ethyl adjacent to an activating group) is 1. The maximum atomic E-state index is 13.9. The molecule has 0 spiro atoms. The van der Waals surface area contributed by atoms with Gasteiger partial charge in [0, 0.05) is 48.7 Å². The van der Waals surface area contributed by atoms with E-state index in [1.54, 1.807) is 24.3 Å². The van der Waals surface area contributed by atoms with Gasteiger partial charge in [0.2, 0.25) is 0 Å². The molecular formula is C41H45BrClF5N4O4. The van der Waals surface area contributed by atoms with Gasteiger partial charge in [0.1, 0.15) is 11.5 Å². The highest BCUT2D eigenvalue weighted by atomic mass is 79.9. The van der Waals surface area contributed by atoms with E-state index in [-0.39, 0.29) is 23.9 Å². The lowest BCUT2D eigenvalue weighted by molar-refractivity contribution is -0.289. The Balaban J connectivity index is 0.000000246. The Kier molecular flexibility index (Phi) is 15.3. The topological polar surface area (TPSA) is 83.1 Å². The second kappa shape index (κ2) is 19.3. The van der Waals surface area contributed by atoms with Crippen molar-refractivity contribution in [2.24, 2.45) is 0 Å². The van der Waals surface area contributed by atoms with Gasteiger partial charge in [0.05, 0.1) is 23.8 Å². The molecular weight excluding hydrogens is 823 g/mol. The van der Waals surface area contributed by atoms with Crippen LogP contribution >= 0.6 is 28.3 Å². The predicted octanol–water partition coefficient (Wildman–Crippen LogP) is 9.88. The van der Waals surface area contributed by atoms with E-state index in [1.807, 2.05) is 32.2 Å². The average Bonchev–Trinajstić information content (AvgIpc) is 3.15. The fraction of sp³-hybridized carbons (Fsp3) is 0.366. The van der Waals surface area contributed by atoms with E-state index in [0.29, 0.717) is 30.5 Å². The summed E-state index contributed by atoms with van der Waals surface area (Å²) in [6.45, 7) is 9.55. The Morgan fingerprint density at radius 1 is 0.750 bits per heavy atom. The minimum atomic E-state index is -5.82. The highest BCUT2D eigenvalue weighted by Gasteiger charge is 2.60. The second-order valence-electron chi connectivity index (χ2n) is 13.5. The van der Waals surface area contributed by atoms with Gasteiger partial charge in [-0.1, -0.05) is 19.1 Å². The van der Waals surface area contributed by atoms with Gasteiger partial charge < -0.3 is 25.0 Å². The summed E-state index contributed by atoms with van der Waals surface area (Å²) in [5, 5.41) is 5.57. The zero-order valence-corrected chi connectivity index (χ0v) is 33.9. The van der Waals surface area contributed by atoms with E-state index in [2.05, 4.69) is 60.2 Å². The zero-order chi connectivity index (χ0) is 39.9. The monoisotopic (exact) mass is 866 g/mol. The molecule has 0 aliphatic carbocycles. The number of carbonyl (C=O) groups excluding carboxylic acids is 2. The second-order valence-corrected chi connectivity index (χ2v) is 14.3. The van der Waals surface area contributed by atoms with Crippen LogP contribution in [0.1, 0.15) is 68.8 Å². The van der Waals surface area contributed by atoms with Gasteiger partial charge >= 0.3 is 12.1 Å². The number of amides is 2. The third-order valence-electron chi connectivity index (χ3n) is 9.41. The van der Waals surface area contributed by atoms with E-state index in [0.717, 1.165) is 85.3 Å². The minimum Gasteiger partial charge on any atom is -0.496 e. The SMILES string of the molecule is CCCN1CCc2ccc(NC(=O)c3ccc(OCC)c(Br)c3)cc2C1.COc1ccc(C(=O)Nc2ccc3c(c2)CN(C)CC3)cc1C(F)(F)C(F)(F)F.Cl. The molecule has 0 fully saturated rings. The summed E-state index contributed by atoms with van der Waals surface area (Å²) in [5.74, 6) is -5.98. The number of rotatable bonds is 10.